The van der Waals surface area contributed by atoms with Crippen LogP contribution >= 0.6 is 11.6 Å². The first-order valence-electron chi connectivity index (χ1n) is 8.04. The van der Waals surface area contributed by atoms with Gasteiger partial charge in [0.1, 0.15) is 12.7 Å². The Morgan fingerprint density at radius 2 is 1.81 bits per heavy atom. The fourth-order valence-corrected chi connectivity index (χ4v) is 2.69. The summed E-state index contributed by atoms with van der Waals surface area (Å²) < 4.78 is 1.54. The maximum Gasteiger partial charge on any atom is 0.258 e. The molecule has 2 aromatic carbocycles. The van der Waals surface area contributed by atoms with Crippen molar-refractivity contribution in [1.29, 1.82) is 0 Å². The maximum atomic E-state index is 12.6. The van der Waals surface area contributed by atoms with Crippen molar-refractivity contribution in [2.24, 2.45) is 0 Å². The summed E-state index contributed by atoms with van der Waals surface area (Å²) in [6.07, 6.45) is 5.93. The monoisotopic (exact) mass is 376 g/mol. The first-order valence-corrected chi connectivity index (χ1v) is 8.42. The highest BCUT2D eigenvalue weighted by Crippen LogP contribution is 2.24. The van der Waals surface area contributed by atoms with Gasteiger partial charge in [-0.2, -0.15) is 5.10 Å². The molecule has 0 fully saturated rings. The van der Waals surface area contributed by atoms with Crippen LogP contribution in [0.25, 0.3) is 17.1 Å². The number of aromatic nitrogens is 5. The summed E-state index contributed by atoms with van der Waals surface area (Å²) in [4.78, 5) is 25.1. The van der Waals surface area contributed by atoms with Gasteiger partial charge in [-0.05, 0) is 18.2 Å². The van der Waals surface area contributed by atoms with Crippen molar-refractivity contribution < 1.29 is 4.79 Å². The van der Waals surface area contributed by atoms with Crippen LogP contribution in [0.3, 0.4) is 0 Å². The highest BCUT2D eigenvalue weighted by Gasteiger charge is 2.13. The van der Waals surface area contributed by atoms with Gasteiger partial charge in [0.25, 0.3) is 5.91 Å². The SMILES string of the molecule is O=C(Nc1cc(Cl)ccc1-n1cncn1)c1cnc(-c2ccccc2)nc1. The van der Waals surface area contributed by atoms with E-state index in [0.29, 0.717) is 27.8 Å². The van der Waals surface area contributed by atoms with Crippen LogP contribution in [0.15, 0.2) is 73.6 Å². The molecular formula is C19H13ClN6O. The molecule has 0 aliphatic carbocycles. The lowest BCUT2D eigenvalue weighted by Crippen LogP contribution is -2.15. The molecule has 0 unspecified atom stereocenters. The van der Waals surface area contributed by atoms with E-state index in [1.807, 2.05) is 30.3 Å². The zero-order valence-corrected chi connectivity index (χ0v) is 14.7. The van der Waals surface area contributed by atoms with E-state index in [4.69, 9.17) is 11.6 Å². The number of nitrogens with zero attached hydrogens (tertiary/aromatic N) is 5. The number of amides is 1. The minimum atomic E-state index is -0.349. The molecule has 2 heterocycles. The Morgan fingerprint density at radius 3 is 2.52 bits per heavy atom. The summed E-state index contributed by atoms with van der Waals surface area (Å²) >= 11 is 6.08. The van der Waals surface area contributed by atoms with Crippen LogP contribution in [0, 0.1) is 0 Å². The maximum absolute atomic E-state index is 12.6. The second-order valence-corrected chi connectivity index (χ2v) is 6.05. The highest BCUT2D eigenvalue weighted by atomic mass is 35.5. The molecule has 0 saturated heterocycles. The molecule has 132 valence electrons. The topological polar surface area (TPSA) is 85.6 Å². The number of hydrogen-bond acceptors (Lipinski definition) is 5. The number of nitrogens with one attached hydrogen (secondary N) is 1. The van der Waals surface area contributed by atoms with E-state index in [1.54, 1.807) is 22.9 Å². The lowest BCUT2D eigenvalue weighted by molar-refractivity contribution is 0.102. The van der Waals surface area contributed by atoms with Crippen LogP contribution < -0.4 is 5.32 Å². The van der Waals surface area contributed by atoms with Gasteiger partial charge in [0, 0.05) is 23.0 Å². The normalized spacial score (nSPS) is 10.6. The van der Waals surface area contributed by atoms with Crippen LogP contribution in [-0.4, -0.2) is 30.6 Å². The highest BCUT2D eigenvalue weighted by molar-refractivity contribution is 6.31. The third-order valence-electron chi connectivity index (χ3n) is 3.82. The predicted molar refractivity (Wildman–Crippen MR) is 102 cm³/mol. The molecular weight excluding hydrogens is 364 g/mol. The van der Waals surface area contributed by atoms with E-state index in [-0.39, 0.29) is 5.91 Å². The van der Waals surface area contributed by atoms with Crippen molar-refractivity contribution in [3.05, 3.63) is 84.2 Å². The second kappa shape index (κ2) is 7.35. The molecule has 0 bridgehead atoms. The molecule has 0 radical (unpaired) electrons. The summed E-state index contributed by atoms with van der Waals surface area (Å²) in [5.74, 6) is 0.205. The lowest BCUT2D eigenvalue weighted by Gasteiger charge is -2.11. The van der Waals surface area contributed by atoms with Crippen LogP contribution in [-0.2, 0) is 0 Å². The molecule has 2 aromatic heterocycles. The van der Waals surface area contributed by atoms with Crippen molar-refractivity contribution in [2.75, 3.05) is 5.32 Å². The van der Waals surface area contributed by atoms with E-state index in [1.165, 1.54) is 25.0 Å². The largest absolute Gasteiger partial charge is 0.320 e. The van der Waals surface area contributed by atoms with Gasteiger partial charge >= 0.3 is 0 Å². The lowest BCUT2D eigenvalue weighted by atomic mass is 10.2. The second-order valence-electron chi connectivity index (χ2n) is 5.62. The van der Waals surface area contributed by atoms with E-state index < -0.39 is 0 Å². The van der Waals surface area contributed by atoms with Crippen molar-refractivity contribution >= 4 is 23.2 Å². The molecule has 4 rings (SSSR count). The molecule has 1 amide bonds. The van der Waals surface area contributed by atoms with Gasteiger partial charge in [0.05, 0.1) is 16.9 Å². The van der Waals surface area contributed by atoms with Gasteiger partial charge < -0.3 is 5.32 Å². The molecule has 4 aromatic rings. The molecule has 0 aliphatic rings. The summed E-state index contributed by atoms with van der Waals surface area (Å²) in [5.41, 5.74) is 2.36. The Labute approximate surface area is 159 Å². The smallest absolute Gasteiger partial charge is 0.258 e. The molecule has 1 N–H and O–H groups in total. The van der Waals surface area contributed by atoms with Crippen LogP contribution in [0.5, 0.6) is 0 Å². The summed E-state index contributed by atoms with van der Waals surface area (Å²) in [5, 5.41) is 7.40. The third kappa shape index (κ3) is 3.68. The van der Waals surface area contributed by atoms with Gasteiger partial charge in [-0.3, -0.25) is 4.79 Å². The van der Waals surface area contributed by atoms with E-state index in [0.717, 1.165) is 5.56 Å². The Kier molecular flexibility index (Phi) is 4.59. The Bertz CT molecular complexity index is 1070. The van der Waals surface area contributed by atoms with E-state index >= 15 is 0 Å². The molecule has 7 nitrogen and oxygen atoms in total. The first-order chi connectivity index (χ1) is 13.2. The average molecular weight is 377 g/mol. The van der Waals surface area contributed by atoms with Crippen LogP contribution in [0.2, 0.25) is 5.02 Å². The Morgan fingerprint density at radius 1 is 1.04 bits per heavy atom. The summed E-state index contributed by atoms with van der Waals surface area (Å²) in [6.45, 7) is 0. The number of hydrogen-bond donors (Lipinski definition) is 1. The zero-order chi connectivity index (χ0) is 18.6. The number of anilines is 1. The molecule has 27 heavy (non-hydrogen) atoms. The van der Waals surface area contributed by atoms with E-state index in [2.05, 4.69) is 25.4 Å². The van der Waals surface area contributed by atoms with E-state index in [9.17, 15) is 4.79 Å². The van der Waals surface area contributed by atoms with Crippen LogP contribution in [0.1, 0.15) is 10.4 Å². The standard InChI is InChI=1S/C19H13ClN6O/c20-15-6-7-17(26-12-21-11-24-26)16(8-15)25-19(27)14-9-22-18(23-10-14)13-4-2-1-3-5-13/h1-12H,(H,25,27). The number of benzene rings is 2. The fraction of sp³-hybridized carbons (Fsp3) is 0. The number of carbonyl (C=O) groups excluding carboxylic acids is 1. The quantitative estimate of drug-likeness (QED) is 0.587. The van der Waals surface area contributed by atoms with Crippen molar-refractivity contribution in [2.45, 2.75) is 0 Å². The number of carbonyl (C=O) groups is 1. The van der Waals surface area contributed by atoms with Crippen molar-refractivity contribution in [1.82, 2.24) is 24.7 Å². The Hall–Kier alpha value is -3.58. The van der Waals surface area contributed by atoms with Gasteiger partial charge in [0.15, 0.2) is 5.82 Å². The van der Waals surface area contributed by atoms with Gasteiger partial charge in [-0.1, -0.05) is 41.9 Å². The Balaban J connectivity index is 1.59. The molecule has 0 atom stereocenters. The zero-order valence-electron chi connectivity index (χ0n) is 14.0. The summed E-state index contributed by atoms with van der Waals surface area (Å²) in [6, 6.07) is 14.7. The number of rotatable bonds is 4. The number of halogens is 1. The van der Waals surface area contributed by atoms with Crippen LogP contribution in [0.4, 0.5) is 5.69 Å². The predicted octanol–water partition coefficient (Wildman–Crippen LogP) is 3.63. The van der Waals surface area contributed by atoms with Gasteiger partial charge in [-0.25, -0.2) is 19.6 Å². The molecule has 0 spiro atoms. The molecule has 0 aliphatic heterocycles. The third-order valence-corrected chi connectivity index (χ3v) is 4.05. The molecule has 0 saturated carbocycles. The van der Waals surface area contributed by atoms with Crippen molar-refractivity contribution in [3.63, 3.8) is 0 Å². The van der Waals surface area contributed by atoms with Crippen molar-refractivity contribution in [3.8, 4) is 17.1 Å². The van der Waals surface area contributed by atoms with Gasteiger partial charge in [-0.15, -0.1) is 0 Å². The average Bonchev–Trinajstić information content (AvgIpc) is 3.23. The fourth-order valence-electron chi connectivity index (χ4n) is 2.52. The first kappa shape index (κ1) is 16.9. The minimum absolute atomic E-state index is 0.333. The minimum Gasteiger partial charge on any atom is -0.320 e. The van der Waals surface area contributed by atoms with Gasteiger partial charge in [0.2, 0.25) is 0 Å². The molecule has 8 heteroatoms. The summed E-state index contributed by atoms with van der Waals surface area (Å²) in [7, 11) is 0.